The first kappa shape index (κ1) is 33.7. The van der Waals surface area contributed by atoms with Gasteiger partial charge < -0.3 is 12.7 Å². The molecule has 3 rings (SSSR count). The maximum Gasteiger partial charge on any atom is 0.0923 e. The number of nitrogens with zero attached hydrogens (tertiary/aromatic N) is 3. The van der Waals surface area contributed by atoms with Crippen molar-refractivity contribution in [1.82, 2.24) is 0 Å². The van der Waals surface area contributed by atoms with Crippen LogP contribution in [0.1, 0.15) is 16.7 Å². The van der Waals surface area contributed by atoms with E-state index in [1.165, 1.54) is 80.9 Å². The molecule has 3 aromatic carbocycles. The van der Waals surface area contributed by atoms with Gasteiger partial charge in [-0.05, 0) is 55.7 Å². The van der Waals surface area contributed by atoms with Crippen LogP contribution in [-0.4, -0.2) is 114 Å². The summed E-state index contributed by atoms with van der Waals surface area (Å²) in [6.45, 7) is 6.75. The van der Waals surface area contributed by atoms with Gasteiger partial charge in [0.05, 0.1) is 55.2 Å². The predicted molar refractivity (Wildman–Crippen MR) is 212 cm³/mol. The fourth-order valence-corrected chi connectivity index (χ4v) is 68.5. The van der Waals surface area contributed by atoms with Crippen molar-refractivity contribution in [2.45, 2.75) is 20.8 Å². The van der Waals surface area contributed by atoms with Crippen LogP contribution in [0, 0.1) is 20.8 Å². The molecule has 0 bridgehead atoms. The van der Waals surface area contributed by atoms with Crippen molar-refractivity contribution < 1.29 is 0 Å². The Balaban J connectivity index is 0.000000271. The molecule has 0 unspecified atom stereocenters. The minimum atomic E-state index is 0.156. The summed E-state index contributed by atoms with van der Waals surface area (Å²) in [6, 6.07) is 26.5. The number of rotatable bonds is 9. The third kappa shape index (κ3) is 11.2. The van der Waals surface area contributed by atoms with Crippen LogP contribution in [0.25, 0.3) is 0 Å². The van der Waals surface area contributed by atoms with Crippen LogP contribution in [0.15, 0.2) is 72.8 Å². The van der Waals surface area contributed by atoms with Crippen molar-refractivity contribution >= 4 is 131 Å². The zero-order valence-electron chi connectivity index (χ0n) is 24.5. The van der Waals surface area contributed by atoms with E-state index in [2.05, 4.69) is 106 Å². The van der Waals surface area contributed by atoms with E-state index in [0.717, 1.165) is 0 Å². The van der Waals surface area contributed by atoms with Gasteiger partial charge in [-0.2, -0.15) is 0 Å². The lowest BCUT2D eigenvalue weighted by Gasteiger charge is -2.26. The van der Waals surface area contributed by atoms with Crippen LogP contribution in [0.4, 0.5) is 17.1 Å². The Hall–Kier alpha value is -0.337. The van der Waals surface area contributed by atoms with Gasteiger partial charge in [0, 0.05) is 75.6 Å². The molecule has 15 heteroatoms. The lowest BCUT2D eigenvalue weighted by atomic mass is 10.1. The molecule has 0 atom stereocenters. The predicted octanol–water partition coefficient (Wildman–Crippen LogP) is -7.41. The van der Waals surface area contributed by atoms with Gasteiger partial charge in [0.1, 0.15) is 0 Å². The first-order valence-corrected chi connectivity index (χ1v) is 51.5. The van der Waals surface area contributed by atoms with E-state index in [4.69, 9.17) is 0 Å². The van der Waals surface area contributed by atoms with Crippen LogP contribution in [-0.2, 0) is 0 Å². The van der Waals surface area contributed by atoms with Gasteiger partial charge in [0.2, 0.25) is 0 Å². The van der Waals surface area contributed by atoms with Crippen LogP contribution in [0.2, 0.25) is 0 Å². The van der Waals surface area contributed by atoms with Gasteiger partial charge in [-0.1, -0.05) is 54.6 Å². The Morgan fingerprint density at radius 3 is 1.31 bits per heavy atom. The zero-order chi connectivity index (χ0) is 26.9. The van der Waals surface area contributed by atoms with Crippen molar-refractivity contribution in [1.29, 1.82) is 0 Å². The second-order valence-electron chi connectivity index (χ2n) is 8.88. The van der Waals surface area contributed by atoms with E-state index < -0.39 is 0 Å². The molecule has 0 amide bonds. The lowest BCUT2D eigenvalue weighted by Crippen LogP contribution is -2.33. The molecule has 198 valence electrons. The van der Waals surface area contributed by atoms with Crippen molar-refractivity contribution in [3.8, 4) is 0 Å². The summed E-state index contributed by atoms with van der Waals surface area (Å²) in [4.78, 5) is 0. The van der Waals surface area contributed by atoms with Crippen LogP contribution >= 0.6 is 0 Å². The average molecular weight is 683 g/mol. The van der Waals surface area contributed by atoms with E-state index >= 15 is 0 Å². The molecule has 0 saturated carbocycles. The van der Waals surface area contributed by atoms with Gasteiger partial charge in [-0.15, -0.1) is 0 Å². The maximum atomic E-state index is 2.81. The molecule has 0 fully saturated rings. The highest BCUT2D eigenvalue weighted by Crippen LogP contribution is 2.22. The molecule has 0 heterocycles. The second-order valence-corrected chi connectivity index (χ2v) is 31.3. The Morgan fingerprint density at radius 1 is 0.444 bits per heavy atom. The minimum absolute atomic E-state index is 0.156. The number of hydrogen-bond donors (Lipinski definition) is 0. The Kier molecular flexibility index (Phi) is 18.4. The molecule has 0 radical (unpaired) electrons. The summed E-state index contributed by atoms with van der Waals surface area (Å²) in [6.07, 6.45) is 0. The monoisotopic (exact) mass is 681 g/mol. The summed E-state index contributed by atoms with van der Waals surface area (Å²) in [5, 5.41) is 0. The number of benzene rings is 3. The summed E-state index contributed by atoms with van der Waals surface area (Å²) in [5.41, 5.74) is 9.13. The topological polar surface area (TPSA) is 9.72 Å². The average Bonchev–Trinajstić information content (AvgIpc) is 2.90. The molecular formula is C21H51N3Si12. The third-order valence-corrected chi connectivity index (χ3v) is 51.1. The first-order chi connectivity index (χ1) is 17.4. The molecule has 3 nitrogen and oxygen atoms in total. The van der Waals surface area contributed by atoms with Gasteiger partial charge in [0.15, 0.2) is 0 Å². The number of hydrogen-bond acceptors (Lipinski definition) is 3. The Morgan fingerprint density at radius 2 is 0.861 bits per heavy atom. The Bertz CT molecular complexity index is 967. The van der Waals surface area contributed by atoms with Crippen molar-refractivity contribution in [3.05, 3.63) is 89.5 Å². The zero-order valence-corrected chi connectivity index (χ0v) is 45.0. The largest absolute Gasteiger partial charge is 0.439 e. The van der Waals surface area contributed by atoms with Crippen molar-refractivity contribution in [2.24, 2.45) is 0 Å². The highest BCUT2D eigenvalue weighted by molar-refractivity contribution is 7.06. The lowest BCUT2D eigenvalue weighted by molar-refractivity contribution is 1.35. The highest BCUT2D eigenvalue weighted by Gasteiger charge is 2.07. The molecule has 3 aromatic rings. The van der Waals surface area contributed by atoms with Crippen molar-refractivity contribution in [3.63, 3.8) is 0 Å². The van der Waals surface area contributed by atoms with Gasteiger partial charge >= 0.3 is 0 Å². The van der Waals surface area contributed by atoms with E-state index in [0.29, 0.717) is 0 Å². The molecule has 0 N–H and O–H groups in total. The van der Waals surface area contributed by atoms with Crippen molar-refractivity contribution in [2.75, 3.05) is 12.7 Å². The number of para-hydroxylation sites is 3. The highest BCUT2D eigenvalue weighted by atomic mass is 29.2. The summed E-state index contributed by atoms with van der Waals surface area (Å²) in [7, 11) is 9.68. The summed E-state index contributed by atoms with van der Waals surface area (Å²) >= 11 is 0. The van der Waals surface area contributed by atoms with Crippen LogP contribution < -0.4 is 12.7 Å². The maximum absolute atomic E-state index is 2.81. The van der Waals surface area contributed by atoms with Crippen LogP contribution in [0.3, 0.4) is 0 Å². The quantitative estimate of drug-likeness (QED) is 0.208. The van der Waals surface area contributed by atoms with Gasteiger partial charge in [-0.3, -0.25) is 0 Å². The standard InChI is InChI=1S/C8H19NSi4.C7H17NSi4.C6H15NSi4/c1-6-4-3-5-7(2)8(6)9(12-10)13-11;1-6-4-2-3-5-7(6)8(11-9)12-10;8-10-7(11-9)6-4-2-1-3-5-6/h3-5H,12-13H2,1-2,10-11H3;2-5H,11-12H2,1,9-10H3;1-5H,10-11H2,8-9H3. The molecular weight excluding hydrogens is 631 g/mol. The minimum Gasteiger partial charge on any atom is -0.439 e. The third-order valence-electron chi connectivity index (χ3n) is 6.62. The van der Waals surface area contributed by atoms with E-state index in [-0.39, 0.29) is 55.2 Å². The molecule has 0 saturated heterocycles. The molecule has 0 aliphatic rings. The van der Waals surface area contributed by atoms with E-state index in [1.54, 1.807) is 11.4 Å². The molecule has 36 heavy (non-hydrogen) atoms. The summed E-state index contributed by atoms with van der Waals surface area (Å²) in [5.74, 6) is 0. The molecule has 0 aromatic heterocycles. The van der Waals surface area contributed by atoms with Gasteiger partial charge in [0.25, 0.3) is 0 Å². The SMILES string of the molecule is Cc1cccc(C)c1N([SiH2][SiH3])[SiH2][SiH3].Cc1ccccc1N([SiH2][SiH3])[SiH2][SiH3].[SiH3][SiH2]N([SiH2][SiH3])c1ccccc1. The fourth-order valence-electron chi connectivity index (χ4n) is 4.55. The van der Waals surface area contributed by atoms with Gasteiger partial charge in [-0.25, -0.2) is 0 Å². The number of anilines is 3. The van der Waals surface area contributed by atoms with Crippen LogP contribution in [0.5, 0.6) is 0 Å². The number of aryl methyl sites for hydroxylation is 3. The molecule has 0 spiro atoms. The molecule has 0 aliphatic heterocycles. The normalized spacial score (nSPS) is 12.4. The molecule has 0 aliphatic carbocycles. The Labute approximate surface area is 252 Å². The van der Waals surface area contributed by atoms with E-state index in [1.807, 2.05) is 0 Å². The second kappa shape index (κ2) is 19.7. The smallest absolute Gasteiger partial charge is 0.0923 e. The van der Waals surface area contributed by atoms with E-state index in [9.17, 15) is 0 Å². The fraction of sp³-hybridized carbons (Fsp3) is 0.143. The summed E-state index contributed by atoms with van der Waals surface area (Å²) < 4.78 is 8.31. The first-order valence-electron chi connectivity index (χ1n) is 13.8.